The van der Waals surface area contributed by atoms with Crippen LogP contribution in [0.4, 0.5) is 24.5 Å². The number of alkyl halides is 3. The van der Waals surface area contributed by atoms with E-state index in [1.807, 2.05) is 12.1 Å². The van der Waals surface area contributed by atoms with Crippen LogP contribution in [0.2, 0.25) is 5.02 Å². The van der Waals surface area contributed by atoms with Gasteiger partial charge in [-0.05, 0) is 73.7 Å². The highest BCUT2D eigenvalue weighted by Crippen LogP contribution is 2.37. The van der Waals surface area contributed by atoms with Gasteiger partial charge < -0.3 is 15.5 Å². The van der Waals surface area contributed by atoms with Crippen molar-refractivity contribution in [1.82, 2.24) is 15.1 Å². The number of carbonyl (C=O) groups is 2. The summed E-state index contributed by atoms with van der Waals surface area (Å²) in [5.41, 5.74) is 1.25. The average molecular weight is 585 g/mol. The van der Waals surface area contributed by atoms with E-state index in [1.165, 1.54) is 22.6 Å². The zero-order valence-corrected chi connectivity index (χ0v) is 23.4. The van der Waals surface area contributed by atoms with E-state index in [1.54, 1.807) is 31.3 Å². The second-order valence-electron chi connectivity index (χ2n) is 10.8. The summed E-state index contributed by atoms with van der Waals surface area (Å²) in [5, 5.41) is 6.77. The fraction of sp³-hybridized carbons (Fsp3) is 0.355. The van der Waals surface area contributed by atoms with Crippen molar-refractivity contribution in [3.8, 4) is 0 Å². The van der Waals surface area contributed by atoms with Crippen molar-refractivity contribution in [2.45, 2.75) is 56.5 Å². The summed E-state index contributed by atoms with van der Waals surface area (Å²) in [6, 6.07) is 20.1. The lowest BCUT2D eigenvalue weighted by Gasteiger charge is -2.39. The van der Waals surface area contributed by atoms with Gasteiger partial charge in [-0.25, -0.2) is 0 Å². The largest absolute Gasteiger partial charge is 0.416 e. The predicted molar refractivity (Wildman–Crippen MR) is 153 cm³/mol. The number of fused-ring (bicyclic) bond motifs is 2. The minimum Gasteiger partial charge on any atom is -0.355 e. The molecule has 2 aliphatic rings. The van der Waals surface area contributed by atoms with Gasteiger partial charge >= 0.3 is 6.18 Å². The molecule has 41 heavy (non-hydrogen) atoms. The molecule has 216 valence electrons. The van der Waals surface area contributed by atoms with Gasteiger partial charge in [-0.15, -0.1) is 0 Å². The standard InChI is InChI=1S/C31H32ClF3N4O2/c1-38(30(41)27-7-2-3-8-28(27)36-23-6-4-5-21(15-23)31(33,34)35)19-29(40)37-24-16-25-13-14-26(17-24)39(25)18-20-9-11-22(32)12-10-20/h2-12,15,24-26,36H,13-14,16-19H2,1H3,(H,37,40)/t24-,25-,26+. The number of anilines is 2. The Hall–Kier alpha value is -3.56. The maximum atomic E-state index is 13.3. The Balaban J connectivity index is 1.17. The molecule has 5 rings (SSSR count). The fourth-order valence-corrected chi connectivity index (χ4v) is 6.05. The van der Waals surface area contributed by atoms with Crippen molar-refractivity contribution in [3.05, 3.63) is 94.5 Å². The third kappa shape index (κ3) is 7.02. The highest BCUT2D eigenvalue weighted by atomic mass is 35.5. The van der Waals surface area contributed by atoms with Gasteiger partial charge in [0.1, 0.15) is 0 Å². The van der Waals surface area contributed by atoms with Gasteiger partial charge in [0.25, 0.3) is 5.91 Å². The van der Waals surface area contributed by atoms with Crippen LogP contribution in [0.5, 0.6) is 0 Å². The van der Waals surface area contributed by atoms with Crippen LogP contribution in [0, 0.1) is 0 Å². The summed E-state index contributed by atoms with van der Waals surface area (Å²) < 4.78 is 39.4. The van der Waals surface area contributed by atoms with E-state index in [0.717, 1.165) is 49.4 Å². The van der Waals surface area contributed by atoms with Crippen molar-refractivity contribution >= 4 is 34.8 Å². The van der Waals surface area contributed by atoms with E-state index in [2.05, 4.69) is 27.7 Å². The van der Waals surface area contributed by atoms with E-state index < -0.39 is 17.6 Å². The summed E-state index contributed by atoms with van der Waals surface area (Å²) in [7, 11) is 1.54. The molecule has 0 aromatic heterocycles. The predicted octanol–water partition coefficient (Wildman–Crippen LogP) is 6.49. The summed E-state index contributed by atoms with van der Waals surface area (Å²) in [6.45, 7) is 0.732. The molecule has 2 fully saturated rings. The highest BCUT2D eigenvalue weighted by molar-refractivity contribution is 6.30. The van der Waals surface area contributed by atoms with Crippen LogP contribution in [0.25, 0.3) is 0 Å². The monoisotopic (exact) mass is 584 g/mol. The van der Waals surface area contributed by atoms with Gasteiger partial charge in [0.15, 0.2) is 0 Å². The zero-order valence-electron chi connectivity index (χ0n) is 22.6. The summed E-state index contributed by atoms with van der Waals surface area (Å²) >= 11 is 6.03. The molecule has 2 bridgehead atoms. The minimum atomic E-state index is -4.48. The Kier molecular flexibility index (Phi) is 8.56. The van der Waals surface area contributed by atoms with Gasteiger partial charge in [-0.2, -0.15) is 13.2 Å². The molecule has 2 aliphatic heterocycles. The SMILES string of the molecule is CN(CC(=O)N[C@@H]1C[C@H]2CC[C@@H](C1)N2Cc1ccc(Cl)cc1)C(=O)c1ccccc1Nc1cccc(C(F)(F)F)c1. The van der Waals surface area contributed by atoms with Gasteiger partial charge in [0.2, 0.25) is 5.91 Å². The fourth-order valence-electron chi connectivity index (χ4n) is 5.92. The number of benzene rings is 3. The lowest BCUT2D eigenvalue weighted by atomic mass is 9.96. The first-order chi connectivity index (χ1) is 19.6. The topological polar surface area (TPSA) is 64.7 Å². The first kappa shape index (κ1) is 29.0. The van der Waals surface area contributed by atoms with Gasteiger partial charge in [0, 0.05) is 42.4 Å². The maximum Gasteiger partial charge on any atom is 0.416 e. The number of halogens is 4. The van der Waals surface area contributed by atoms with Gasteiger partial charge in [-0.3, -0.25) is 14.5 Å². The first-order valence-electron chi connectivity index (χ1n) is 13.6. The number of hydrogen-bond donors (Lipinski definition) is 2. The molecule has 0 spiro atoms. The van der Waals surface area contributed by atoms with Crippen molar-refractivity contribution in [3.63, 3.8) is 0 Å². The Morgan fingerprint density at radius 1 is 0.976 bits per heavy atom. The smallest absolute Gasteiger partial charge is 0.355 e. The maximum absolute atomic E-state index is 13.3. The van der Waals surface area contributed by atoms with E-state index in [0.29, 0.717) is 17.8 Å². The normalized spacial score (nSPS) is 20.5. The number of hydrogen-bond acceptors (Lipinski definition) is 4. The quantitative estimate of drug-likeness (QED) is 0.318. The molecule has 2 heterocycles. The van der Waals surface area contributed by atoms with Gasteiger partial charge in [-0.1, -0.05) is 41.9 Å². The Bertz CT molecular complexity index is 1380. The summed E-state index contributed by atoms with van der Waals surface area (Å²) in [5.74, 6) is -0.646. The summed E-state index contributed by atoms with van der Waals surface area (Å²) in [4.78, 5) is 30.1. The molecular formula is C31H32ClF3N4O2. The van der Waals surface area contributed by atoms with Crippen LogP contribution in [0.1, 0.15) is 47.2 Å². The molecule has 10 heteroatoms. The van der Waals surface area contributed by atoms with Crippen molar-refractivity contribution in [2.24, 2.45) is 0 Å². The van der Waals surface area contributed by atoms with Crippen LogP contribution in [0.15, 0.2) is 72.8 Å². The highest BCUT2D eigenvalue weighted by Gasteiger charge is 2.41. The number of likely N-dealkylation sites (N-methyl/N-ethyl adjacent to an activating group) is 1. The zero-order chi connectivity index (χ0) is 29.1. The molecule has 0 radical (unpaired) electrons. The minimum absolute atomic E-state index is 0.0415. The number of amides is 2. The number of para-hydroxylation sites is 1. The molecule has 3 aromatic rings. The lowest BCUT2D eigenvalue weighted by molar-refractivity contribution is -0.137. The van der Waals surface area contributed by atoms with Crippen LogP contribution < -0.4 is 10.6 Å². The van der Waals surface area contributed by atoms with E-state index >= 15 is 0 Å². The van der Waals surface area contributed by atoms with Crippen LogP contribution in [-0.2, 0) is 17.5 Å². The number of carbonyl (C=O) groups excluding carboxylic acids is 2. The molecule has 0 aliphatic carbocycles. The molecule has 3 aromatic carbocycles. The second kappa shape index (κ2) is 12.1. The number of nitrogens with one attached hydrogen (secondary N) is 2. The van der Waals surface area contributed by atoms with Gasteiger partial charge in [0.05, 0.1) is 23.4 Å². The van der Waals surface area contributed by atoms with Crippen molar-refractivity contribution < 1.29 is 22.8 Å². The third-order valence-corrected chi connectivity index (χ3v) is 8.13. The Morgan fingerprint density at radius 2 is 1.66 bits per heavy atom. The summed E-state index contributed by atoms with van der Waals surface area (Å²) in [6.07, 6.45) is -0.570. The second-order valence-corrected chi connectivity index (χ2v) is 11.3. The van der Waals surface area contributed by atoms with E-state index in [-0.39, 0.29) is 29.7 Å². The molecule has 0 saturated carbocycles. The van der Waals surface area contributed by atoms with Crippen LogP contribution >= 0.6 is 11.6 Å². The molecule has 2 amide bonds. The lowest BCUT2D eigenvalue weighted by Crippen LogP contribution is -2.51. The van der Waals surface area contributed by atoms with Crippen LogP contribution in [-0.4, -0.2) is 53.3 Å². The molecular weight excluding hydrogens is 553 g/mol. The third-order valence-electron chi connectivity index (χ3n) is 7.88. The molecule has 2 N–H and O–H groups in total. The number of rotatable bonds is 8. The first-order valence-corrected chi connectivity index (χ1v) is 14.0. The Morgan fingerprint density at radius 3 is 2.34 bits per heavy atom. The molecule has 0 unspecified atom stereocenters. The number of piperidine rings is 1. The number of nitrogens with zero attached hydrogens (tertiary/aromatic N) is 2. The average Bonchev–Trinajstić information content (AvgIpc) is 3.16. The Labute approximate surface area is 242 Å². The molecule has 3 atom stereocenters. The van der Waals surface area contributed by atoms with Crippen molar-refractivity contribution in [2.75, 3.05) is 18.9 Å². The van der Waals surface area contributed by atoms with E-state index in [9.17, 15) is 22.8 Å². The van der Waals surface area contributed by atoms with E-state index in [4.69, 9.17) is 11.6 Å². The molecule has 2 saturated heterocycles. The van der Waals surface area contributed by atoms with Crippen LogP contribution in [0.3, 0.4) is 0 Å². The van der Waals surface area contributed by atoms with Crippen molar-refractivity contribution in [1.29, 1.82) is 0 Å². The molecule has 6 nitrogen and oxygen atoms in total.